The third-order valence-electron chi connectivity index (χ3n) is 2.42. The van der Waals surface area contributed by atoms with E-state index in [2.05, 4.69) is 15.3 Å². The van der Waals surface area contributed by atoms with Crippen molar-refractivity contribution in [2.45, 2.75) is 33.0 Å². The van der Waals surface area contributed by atoms with E-state index in [0.29, 0.717) is 25.2 Å². The van der Waals surface area contributed by atoms with Gasteiger partial charge in [0.1, 0.15) is 12.4 Å². The topological polar surface area (TPSA) is 41.1 Å². The Kier molecular flexibility index (Phi) is 6.01. The SMILES string of the molecule is CCCN(CC(F)(F)F)c1cncc(CNCC)n1. The van der Waals surface area contributed by atoms with Gasteiger partial charge in [-0.25, -0.2) is 4.98 Å². The fourth-order valence-corrected chi connectivity index (χ4v) is 1.65. The lowest BCUT2D eigenvalue weighted by molar-refractivity contribution is -0.119. The molecule has 0 spiro atoms. The summed E-state index contributed by atoms with van der Waals surface area (Å²) in [7, 11) is 0. The zero-order valence-corrected chi connectivity index (χ0v) is 11.2. The summed E-state index contributed by atoms with van der Waals surface area (Å²) in [4.78, 5) is 9.38. The standard InChI is InChI=1S/C12H19F3N4/c1-3-5-19(9-12(13,14)15)11-8-17-7-10(18-11)6-16-4-2/h7-8,16H,3-6,9H2,1-2H3. The number of hydrogen-bond acceptors (Lipinski definition) is 4. The second-order valence-electron chi connectivity index (χ2n) is 4.19. The number of nitrogens with zero attached hydrogens (tertiary/aromatic N) is 3. The highest BCUT2D eigenvalue weighted by molar-refractivity contribution is 5.36. The normalized spacial score (nSPS) is 11.6. The second kappa shape index (κ2) is 7.28. The molecule has 1 aromatic heterocycles. The molecule has 0 radical (unpaired) electrons. The molecule has 1 rings (SSSR count). The molecule has 0 amide bonds. The molecule has 0 saturated heterocycles. The van der Waals surface area contributed by atoms with Gasteiger partial charge in [-0.05, 0) is 13.0 Å². The summed E-state index contributed by atoms with van der Waals surface area (Å²) >= 11 is 0. The summed E-state index contributed by atoms with van der Waals surface area (Å²) in [5.41, 5.74) is 0.641. The average molecular weight is 276 g/mol. The number of halogens is 3. The maximum Gasteiger partial charge on any atom is 0.405 e. The van der Waals surface area contributed by atoms with E-state index in [-0.39, 0.29) is 5.82 Å². The summed E-state index contributed by atoms with van der Waals surface area (Å²) in [5, 5.41) is 3.07. The van der Waals surface area contributed by atoms with E-state index in [4.69, 9.17) is 0 Å². The van der Waals surface area contributed by atoms with Gasteiger partial charge < -0.3 is 10.2 Å². The lowest BCUT2D eigenvalue weighted by atomic mass is 10.3. The van der Waals surface area contributed by atoms with Crippen molar-refractivity contribution in [3.8, 4) is 0 Å². The zero-order chi connectivity index (χ0) is 14.3. The zero-order valence-electron chi connectivity index (χ0n) is 11.2. The summed E-state index contributed by atoms with van der Waals surface area (Å²) in [6.07, 6.45) is -0.690. The van der Waals surface area contributed by atoms with Gasteiger partial charge in [-0.1, -0.05) is 13.8 Å². The number of anilines is 1. The van der Waals surface area contributed by atoms with Gasteiger partial charge in [0.15, 0.2) is 0 Å². The second-order valence-corrected chi connectivity index (χ2v) is 4.19. The van der Waals surface area contributed by atoms with Gasteiger partial charge >= 0.3 is 6.18 Å². The largest absolute Gasteiger partial charge is 0.405 e. The highest BCUT2D eigenvalue weighted by atomic mass is 19.4. The number of nitrogens with one attached hydrogen (secondary N) is 1. The van der Waals surface area contributed by atoms with Gasteiger partial charge in [-0.3, -0.25) is 4.98 Å². The molecule has 1 N–H and O–H groups in total. The Morgan fingerprint density at radius 3 is 2.58 bits per heavy atom. The third kappa shape index (κ3) is 5.87. The van der Waals surface area contributed by atoms with E-state index < -0.39 is 12.7 Å². The van der Waals surface area contributed by atoms with Crippen LogP contribution in [-0.2, 0) is 6.54 Å². The molecule has 0 aliphatic rings. The van der Waals surface area contributed by atoms with Crippen molar-refractivity contribution in [1.29, 1.82) is 0 Å². The maximum absolute atomic E-state index is 12.5. The van der Waals surface area contributed by atoms with Crippen molar-refractivity contribution in [1.82, 2.24) is 15.3 Å². The molecule has 19 heavy (non-hydrogen) atoms. The molecule has 0 bridgehead atoms. The first-order chi connectivity index (χ1) is 8.96. The summed E-state index contributed by atoms with van der Waals surface area (Å²) < 4.78 is 37.5. The molecule has 0 aliphatic heterocycles. The van der Waals surface area contributed by atoms with E-state index >= 15 is 0 Å². The maximum atomic E-state index is 12.5. The van der Waals surface area contributed by atoms with Crippen LogP contribution in [0.5, 0.6) is 0 Å². The molecule has 0 fully saturated rings. The van der Waals surface area contributed by atoms with Gasteiger partial charge in [0.05, 0.1) is 11.9 Å². The monoisotopic (exact) mass is 276 g/mol. The van der Waals surface area contributed by atoms with Gasteiger partial charge in [0.25, 0.3) is 0 Å². The predicted octanol–water partition coefficient (Wildman–Crippen LogP) is 2.36. The third-order valence-corrected chi connectivity index (χ3v) is 2.42. The van der Waals surface area contributed by atoms with E-state index in [1.807, 2.05) is 13.8 Å². The first-order valence-electron chi connectivity index (χ1n) is 6.29. The van der Waals surface area contributed by atoms with Crippen molar-refractivity contribution in [3.05, 3.63) is 18.1 Å². The van der Waals surface area contributed by atoms with Crippen LogP contribution in [0.25, 0.3) is 0 Å². The highest BCUT2D eigenvalue weighted by Crippen LogP contribution is 2.20. The van der Waals surface area contributed by atoms with Crippen molar-refractivity contribution in [3.63, 3.8) is 0 Å². The Morgan fingerprint density at radius 1 is 1.26 bits per heavy atom. The molecule has 0 unspecified atom stereocenters. The minimum Gasteiger partial charge on any atom is -0.346 e. The van der Waals surface area contributed by atoms with Gasteiger partial charge in [-0.15, -0.1) is 0 Å². The molecule has 0 saturated carbocycles. The Morgan fingerprint density at radius 2 is 2.00 bits per heavy atom. The van der Waals surface area contributed by atoms with Gasteiger partial charge in [0.2, 0.25) is 0 Å². The van der Waals surface area contributed by atoms with E-state index in [1.54, 1.807) is 6.20 Å². The van der Waals surface area contributed by atoms with Crippen LogP contribution in [0, 0.1) is 0 Å². The molecule has 1 aromatic rings. The molecular formula is C12H19F3N4. The summed E-state index contributed by atoms with van der Waals surface area (Å²) in [6, 6.07) is 0. The molecule has 108 valence electrons. The van der Waals surface area contributed by atoms with Crippen LogP contribution in [0.4, 0.5) is 19.0 Å². The van der Waals surface area contributed by atoms with Crippen LogP contribution in [0.3, 0.4) is 0 Å². The quantitative estimate of drug-likeness (QED) is 0.830. The fraction of sp³-hybridized carbons (Fsp3) is 0.667. The van der Waals surface area contributed by atoms with Gasteiger partial charge in [-0.2, -0.15) is 13.2 Å². The molecule has 0 aliphatic carbocycles. The molecular weight excluding hydrogens is 257 g/mol. The van der Waals surface area contributed by atoms with Crippen molar-refractivity contribution in [2.75, 3.05) is 24.5 Å². The lowest BCUT2D eigenvalue weighted by Crippen LogP contribution is -2.35. The minimum absolute atomic E-state index is 0.273. The van der Waals surface area contributed by atoms with Crippen LogP contribution in [0.15, 0.2) is 12.4 Å². The van der Waals surface area contributed by atoms with Gasteiger partial charge in [0, 0.05) is 19.3 Å². The first-order valence-corrected chi connectivity index (χ1v) is 6.29. The lowest BCUT2D eigenvalue weighted by Gasteiger charge is -2.24. The van der Waals surface area contributed by atoms with Crippen molar-refractivity contribution >= 4 is 5.82 Å². The van der Waals surface area contributed by atoms with Crippen molar-refractivity contribution < 1.29 is 13.2 Å². The predicted molar refractivity (Wildman–Crippen MR) is 68.0 cm³/mol. The fourth-order valence-electron chi connectivity index (χ4n) is 1.65. The first kappa shape index (κ1) is 15.7. The van der Waals surface area contributed by atoms with Crippen LogP contribution >= 0.6 is 0 Å². The van der Waals surface area contributed by atoms with E-state index in [1.165, 1.54) is 11.1 Å². The van der Waals surface area contributed by atoms with Crippen LogP contribution in [-0.4, -0.2) is 35.8 Å². The molecule has 1 heterocycles. The Balaban J connectivity index is 2.83. The van der Waals surface area contributed by atoms with E-state index in [9.17, 15) is 13.2 Å². The number of aromatic nitrogens is 2. The highest BCUT2D eigenvalue weighted by Gasteiger charge is 2.31. The summed E-state index contributed by atoms with van der Waals surface area (Å²) in [6.45, 7) is 4.36. The number of hydrogen-bond donors (Lipinski definition) is 1. The van der Waals surface area contributed by atoms with Crippen LogP contribution < -0.4 is 10.2 Å². The Hall–Kier alpha value is -1.37. The van der Waals surface area contributed by atoms with Crippen molar-refractivity contribution in [2.24, 2.45) is 0 Å². The van der Waals surface area contributed by atoms with E-state index in [0.717, 1.165) is 6.54 Å². The number of alkyl halides is 3. The number of rotatable bonds is 7. The minimum atomic E-state index is -4.24. The Bertz CT molecular complexity index is 381. The molecule has 7 heteroatoms. The Labute approximate surface area is 111 Å². The average Bonchev–Trinajstić information content (AvgIpc) is 2.35. The smallest absolute Gasteiger partial charge is 0.346 e. The van der Waals surface area contributed by atoms with Crippen LogP contribution in [0.2, 0.25) is 0 Å². The molecule has 0 aromatic carbocycles. The molecule has 4 nitrogen and oxygen atoms in total. The van der Waals surface area contributed by atoms with Crippen LogP contribution in [0.1, 0.15) is 26.0 Å². The summed E-state index contributed by atoms with van der Waals surface area (Å²) in [5.74, 6) is 0.273. The molecule has 0 atom stereocenters.